The Labute approximate surface area is 276 Å². The summed E-state index contributed by atoms with van der Waals surface area (Å²) in [6.45, 7) is 11.7. The van der Waals surface area contributed by atoms with Gasteiger partial charge < -0.3 is 31.3 Å². The minimum atomic E-state index is -0.875. The standard InChI is InChI=1S/C34H50N6O5S/c1-21(23-9-11-24(12-10-23)29-22(2)37-20-46-29)38-32(44)27-18-26(41)19-40(27)33(45)30(34(3,4)5)39-28(42)8-6-7-15-36-31(43)25-13-16-35-17-14-25/h9-12,20-21,25-27,30,35,41H,6-8,13-19H2,1-5H3,(H,36,43)(H,38,44)(H,39,42)/t21?,26-,27+,30?/m1/s1. The molecule has 0 aliphatic carbocycles. The second kappa shape index (κ2) is 16.0. The van der Waals surface area contributed by atoms with Crippen LogP contribution in [0.15, 0.2) is 29.8 Å². The number of thiazole rings is 1. The molecule has 1 aromatic heterocycles. The number of aromatic nitrogens is 1. The second-order valence-electron chi connectivity index (χ2n) is 13.7. The number of hydrogen-bond donors (Lipinski definition) is 5. The molecule has 2 saturated heterocycles. The first kappa shape index (κ1) is 35.5. The van der Waals surface area contributed by atoms with Crippen molar-refractivity contribution in [1.29, 1.82) is 0 Å². The number of aliphatic hydroxyl groups excluding tert-OH is 1. The number of aliphatic hydroxyl groups is 1. The third-order valence-corrected chi connectivity index (χ3v) is 9.88. The largest absolute Gasteiger partial charge is 0.391 e. The summed E-state index contributed by atoms with van der Waals surface area (Å²) in [5, 5.41) is 22.7. The van der Waals surface area contributed by atoms with Gasteiger partial charge in [0.05, 0.1) is 28.2 Å². The molecule has 2 unspecified atom stereocenters. The van der Waals surface area contributed by atoms with Gasteiger partial charge in [0.2, 0.25) is 23.6 Å². The van der Waals surface area contributed by atoms with E-state index in [2.05, 4.69) is 26.3 Å². The van der Waals surface area contributed by atoms with E-state index < -0.39 is 23.6 Å². The molecule has 252 valence electrons. The van der Waals surface area contributed by atoms with Gasteiger partial charge in [-0.2, -0.15) is 0 Å². The lowest BCUT2D eigenvalue weighted by Gasteiger charge is -2.35. The lowest BCUT2D eigenvalue weighted by atomic mass is 9.85. The number of unbranched alkanes of at least 4 members (excludes halogenated alkanes) is 1. The first-order chi connectivity index (χ1) is 21.8. The molecular weight excluding hydrogens is 604 g/mol. The van der Waals surface area contributed by atoms with Crippen LogP contribution in [0.3, 0.4) is 0 Å². The molecule has 5 N–H and O–H groups in total. The van der Waals surface area contributed by atoms with Crippen molar-refractivity contribution >= 4 is 35.0 Å². The number of piperidine rings is 1. The molecule has 0 bridgehead atoms. The summed E-state index contributed by atoms with van der Waals surface area (Å²) < 4.78 is 0. The van der Waals surface area contributed by atoms with Crippen molar-refractivity contribution in [3.05, 3.63) is 41.0 Å². The van der Waals surface area contributed by atoms with Gasteiger partial charge in [0, 0.05) is 31.8 Å². The minimum absolute atomic E-state index is 0.0212. The maximum Gasteiger partial charge on any atom is 0.246 e. The summed E-state index contributed by atoms with van der Waals surface area (Å²) in [6.07, 6.45) is 2.41. The Morgan fingerprint density at radius 3 is 2.39 bits per heavy atom. The lowest BCUT2D eigenvalue weighted by molar-refractivity contribution is -0.144. The van der Waals surface area contributed by atoms with Crippen LogP contribution in [0.1, 0.15) is 83.5 Å². The van der Waals surface area contributed by atoms with Crippen molar-refractivity contribution in [2.75, 3.05) is 26.2 Å². The summed E-state index contributed by atoms with van der Waals surface area (Å²) in [6, 6.07) is 5.92. The number of β-amino-alcohol motifs (C(OH)–C–C–N with tert-alkyl or cyclic N) is 1. The van der Waals surface area contributed by atoms with Crippen LogP contribution in [0.2, 0.25) is 0 Å². The Bertz CT molecular complexity index is 1350. The Morgan fingerprint density at radius 2 is 1.76 bits per heavy atom. The van der Waals surface area contributed by atoms with E-state index in [-0.39, 0.29) is 55.0 Å². The van der Waals surface area contributed by atoms with Gasteiger partial charge in [0.15, 0.2) is 0 Å². The molecule has 11 nitrogen and oxygen atoms in total. The van der Waals surface area contributed by atoms with Crippen molar-refractivity contribution in [3.63, 3.8) is 0 Å². The molecule has 4 atom stereocenters. The number of amides is 4. The summed E-state index contributed by atoms with van der Waals surface area (Å²) in [4.78, 5) is 59.5. The monoisotopic (exact) mass is 654 g/mol. The third-order valence-electron chi connectivity index (χ3n) is 8.90. The number of carbonyl (C=O) groups is 4. The number of rotatable bonds is 12. The SMILES string of the molecule is Cc1ncsc1-c1ccc(C(C)NC(=O)[C@@H]2C[C@@H](O)CN2C(=O)C(NC(=O)CCCCNC(=O)C2CCNCC2)C(C)(C)C)cc1. The number of aryl methyl sites for hydroxylation is 1. The van der Waals surface area contributed by atoms with Crippen LogP contribution in [0.25, 0.3) is 10.4 Å². The molecule has 3 heterocycles. The van der Waals surface area contributed by atoms with Crippen LogP contribution < -0.4 is 21.3 Å². The fourth-order valence-corrected chi connectivity index (χ4v) is 6.91. The molecule has 2 fully saturated rings. The summed E-state index contributed by atoms with van der Waals surface area (Å²) in [5.41, 5.74) is 4.14. The van der Waals surface area contributed by atoms with E-state index >= 15 is 0 Å². The summed E-state index contributed by atoms with van der Waals surface area (Å²) >= 11 is 1.58. The third kappa shape index (κ3) is 9.36. The van der Waals surface area contributed by atoms with Gasteiger partial charge in [0.25, 0.3) is 0 Å². The Morgan fingerprint density at radius 1 is 1.07 bits per heavy atom. The Balaban J connectivity index is 1.30. The van der Waals surface area contributed by atoms with Gasteiger partial charge in [-0.25, -0.2) is 4.98 Å². The van der Waals surface area contributed by atoms with Crippen LogP contribution in [0, 0.1) is 18.3 Å². The van der Waals surface area contributed by atoms with E-state index in [1.165, 1.54) is 4.90 Å². The van der Waals surface area contributed by atoms with Gasteiger partial charge in [-0.1, -0.05) is 45.0 Å². The van der Waals surface area contributed by atoms with E-state index in [9.17, 15) is 24.3 Å². The Hall–Kier alpha value is -3.35. The van der Waals surface area contributed by atoms with Crippen LogP contribution in [-0.4, -0.2) is 83.0 Å². The van der Waals surface area contributed by atoms with Gasteiger partial charge in [-0.15, -0.1) is 11.3 Å². The highest BCUT2D eigenvalue weighted by Crippen LogP contribution is 2.29. The minimum Gasteiger partial charge on any atom is -0.391 e. The molecule has 2 aliphatic heterocycles. The fraction of sp³-hybridized carbons (Fsp3) is 0.618. The van der Waals surface area contributed by atoms with E-state index in [1.807, 2.05) is 64.4 Å². The molecule has 1 aromatic carbocycles. The highest BCUT2D eigenvalue weighted by atomic mass is 32.1. The quantitative estimate of drug-likeness (QED) is 0.221. The zero-order valence-electron chi connectivity index (χ0n) is 27.7. The molecule has 2 aromatic rings. The molecular formula is C34H50N6O5S. The predicted molar refractivity (Wildman–Crippen MR) is 179 cm³/mol. The van der Waals surface area contributed by atoms with E-state index in [1.54, 1.807) is 11.3 Å². The van der Waals surface area contributed by atoms with Crippen molar-refractivity contribution in [1.82, 2.24) is 31.2 Å². The fourth-order valence-electron chi connectivity index (χ4n) is 6.10. The maximum atomic E-state index is 13.9. The number of likely N-dealkylation sites (tertiary alicyclic amines) is 1. The highest BCUT2D eigenvalue weighted by molar-refractivity contribution is 7.13. The summed E-state index contributed by atoms with van der Waals surface area (Å²) in [7, 11) is 0. The highest BCUT2D eigenvalue weighted by Gasteiger charge is 2.44. The molecule has 0 spiro atoms. The number of nitrogens with zero attached hydrogens (tertiary/aromatic N) is 2. The van der Waals surface area contributed by atoms with Gasteiger partial charge in [0.1, 0.15) is 12.1 Å². The van der Waals surface area contributed by atoms with Crippen molar-refractivity contribution < 1.29 is 24.3 Å². The van der Waals surface area contributed by atoms with Crippen molar-refractivity contribution in [2.24, 2.45) is 11.3 Å². The van der Waals surface area contributed by atoms with Gasteiger partial charge >= 0.3 is 0 Å². The molecule has 4 rings (SSSR count). The second-order valence-corrected chi connectivity index (χ2v) is 14.5. The average Bonchev–Trinajstić information content (AvgIpc) is 3.64. The first-order valence-electron chi connectivity index (χ1n) is 16.4. The smallest absolute Gasteiger partial charge is 0.246 e. The molecule has 2 aliphatic rings. The normalized spacial score (nSPS) is 20.2. The van der Waals surface area contributed by atoms with E-state index in [4.69, 9.17) is 0 Å². The molecule has 0 saturated carbocycles. The van der Waals surface area contributed by atoms with Crippen LogP contribution in [0.4, 0.5) is 0 Å². The molecule has 46 heavy (non-hydrogen) atoms. The zero-order valence-corrected chi connectivity index (χ0v) is 28.5. The van der Waals surface area contributed by atoms with Gasteiger partial charge in [-0.05, 0) is 69.2 Å². The topological polar surface area (TPSA) is 153 Å². The number of nitrogens with one attached hydrogen (secondary N) is 4. The zero-order chi connectivity index (χ0) is 33.4. The molecule has 4 amide bonds. The number of benzene rings is 1. The molecule has 12 heteroatoms. The average molecular weight is 655 g/mol. The summed E-state index contributed by atoms with van der Waals surface area (Å²) in [5.74, 6) is -0.866. The van der Waals surface area contributed by atoms with Gasteiger partial charge in [-0.3, -0.25) is 19.2 Å². The molecule has 0 radical (unpaired) electrons. The van der Waals surface area contributed by atoms with E-state index in [0.29, 0.717) is 19.4 Å². The predicted octanol–water partition coefficient (Wildman–Crippen LogP) is 3.07. The van der Waals surface area contributed by atoms with Crippen LogP contribution in [-0.2, 0) is 19.2 Å². The van der Waals surface area contributed by atoms with Crippen LogP contribution in [0.5, 0.6) is 0 Å². The van der Waals surface area contributed by atoms with Crippen molar-refractivity contribution in [2.45, 2.75) is 97.4 Å². The van der Waals surface area contributed by atoms with Crippen molar-refractivity contribution in [3.8, 4) is 10.4 Å². The maximum absolute atomic E-state index is 13.9. The Kier molecular flexibility index (Phi) is 12.3. The van der Waals surface area contributed by atoms with Crippen LogP contribution >= 0.6 is 11.3 Å². The lowest BCUT2D eigenvalue weighted by Crippen LogP contribution is -2.57. The number of hydrogen-bond acceptors (Lipinski definition) is 8. The first-order valence-corrected chi connectivity index (χ1v) is 17.3. The van der Waals surface area contributed by atoms with E-state index in [0.717, 1.165) is 47.6 Å². The number of carbonyl (C=O) groups excluding carboxylic acids is 4.